The molecule has 13 nitrogen and oxygen atoms in total. The zero-order chi connectivity index (χ0) is 35.0. The second kappa shape index (κ2) is 14.0. The molecule has 15 heteroatoms. The molecule has 3 aromatic carbocycles. The summed E-state index contributed by atoms with van der Waals surface area (Å²) in [5.74, 6) is 2.44. The summed E-state index contributed by atoms with van der Waals surface area (Å²) >= 11 is 3.41. The summed E-state index contributed by atoms with van der Waals surface area (Å²) in [6.07, 6.45) is 5.25. The summed E-state index contributed by atoms with van der Waals surface area (Å²) in [4.78, 5) is -0.162. The zero-order valence-corrected chi connectivity index (χ0v) is 30.5. The molecule has 1 atom stereocenters. The van der Waals surface area contributed by atoms with Crippen LogP contribution < -0.4 is 28.6 Å². The van der Waals surface area contributed by atoms with E-state index in [1.807, 2.05) is 4.68 Å². The van der Waals surface area contributed by atoms with Gasteiger partial charge in [-0.3, -0.25) is 0 Å². The van der Waals surface area contributed by atoms with E-state index in [9.17, 15) is 8.42 Å². The minimum atomic E-state index is -4.40. The third kappa shape index (κ3) is 6.56. The first-order valence-corrected chi connectivity index (χ1v) is 18.5. The Kier molecular flexibility index (Phi) is 9.55. The van der Waals surface area contributed by atoms with Gasteiger partial charge in [-0.05, 0) is 68.0 Å². The van der Waals surface area contributed by atoms with Crippen molar-refractivity contribution in [2.24, 2.45) is 0 Å². The number of anilines is 3. The molecule has 2 aromatic heterocycles. The smallest absolute Gasteiger partial charge is 0.273 e. The van der Waals surface area contributed by atoms with Crippen LogP contribution in [0.5, 0.6) is 23.0 Å². The lowest BCUT2D eigenvalue weighted by atomic mass is 10.2. The molecular weight excluding hydrogens is 730 g/mol. The molecule has 2 fully saturated rings. The van der Waals surface area contributed by atoms with Crippen LogP contribution in [0.2, 0.25) is 0 Å². The summed E-state index contributed by atoms with van der Waals surface area (Å²) < 4.78 is 67.4. The summed E-state index contributed by atoms with van der Waals surface area (Å²) in [6, 6.07) is 15.7. The Morgan fingerprint density at radius 3 is 2.26 bits per heavy atom. The lowest BCUT2D eigenvalue weighted by Gasteiger charge is -2.25. The van der Waals surface area contributed by atoms with Crippen LogP contribution in [0.3, 0.4) is 0 Å². The van der Waals surface area contributed by atoms with E-state index < -0.39 is 10.0 Å². The van der Waals surface area contributed by atoms with Crippen LogP contribution in [-0.2, 0) is 21.3 Å². The summed E-state index contributed by atoms with van der Waals surface area (Å²) in [7, 11) is 1.52. The van der Waals surface area contributed by atoms with E-state index in [1.54, 1.807) is 62.8 Å². The van der Waals surface area contributed by atoms with Crippen molar-refractivity contribution in [1.82, 2.24) is 14.9 Å². The molecule has 0 spiro atoms. The van der Waals surface area contributed by atoms with Crippen LogP contribution in [0, 0.1) is 0 Å². The maximum atomic E-state index is 14.7. The molecule has 2 aliphatic rings. The molecule has 1 aliphatic carbocycles. The molecule has 1 saturated carbocycles. The van der Waals surface area contributed by atoms with Crippen molar-refractivity contribution in [1.29, 1.82) is 0 Å². The molecule has 0 radical (unpaired) electrons. The predicted octanol–water partition coefficient (Wildman–Crippen LogP) is 7.54. The zero-order valence-electron chi connectivity index (χ0n) is 28.1. The van der Waals surface area contributed by atoms with E-state index >= 15 is 0 Å². The molecule has 5 aromatic rings. The third-order valence-corrected chi connectivity index (χ3v) is 11.2. The van der Waals surface area contributed by atoms with Gasteiger partial charge in [0.1, 0.15) is 23.0 Å². The number of sulfonamides is 1. The highest BCUT2D eigenvalue weighted by Crippen LogP contribution is 2.45. The predicted molar refractivity (Wildman–Crippen MR) is 190 cm³/mol. The minimum absolute atomic E-state index is 0.0578. The topological polar surface area (TPSA) is 139 Å². The average Bonchev–Trinajstić information content (AvgIpc) is 3.78. The van der Waals surface area contributed by atoms with E-state index in [4.69, 9.17) is 33.3 Å². The number of benzene rings is 3. The van der Waals surface area contributed by atoms with Gasteiger partial charge in [0, 0.05) is 34.8 Å². The van der Waals surface area contributed by atoms with Crippen molar-refractivity contribution in [2.75, 3.05) is 44.7 Å². The van der Waals surface area contributed by atoms with E-state index in [0.717, 1.165) is 44.4 Å². The van der Waals surface area contributed by atoms with Crippen molar-refractivity contribution in [3.8, 4) is 23.0 Å². The highest BCUT2D eigenvalue weighted by Gasteiger charge is 2.36. The van der Waals surface area contributed by atoms with Gasteiger partial charge in [0.15, 0.2) is 28.3 Å². The molecule has 1 saturated heterocycles. The highest BCUT2D eigenvalue weighted by atomic mass is 79.9. The standard InChI is InChI=1S/C35H38BrN5O8S/c1-44-24-12-8-21(9-13-24)20-40(50(42,43)34-30(46-3)15-23(36)16-31(34)47-4)35-25-17-29(45-2)26(18-28(25)49-39-35)37-32-19-27(22-10-11-22)41(38-32)33-7-5-6-14-48-33/h8-9,12-13,15-19,22,33H,5-7,10-11,14,20H2,1-4H3,(H,37,38). The number of methoxy groups -OCH3 is 4. The Hall–Kier alpha value is -4.47. The number of aromatic nitrogens is 3. The summed E-state index contributed by atoms with van der Waals surface area (Å²) in [6.45, 7) is 0.631. The maximum Gasteiger partial charge on any atom is 0.273 e. The molecule has 3 heterocycles. The van der Waals surface area contributed by atoms with Gasteiger partial charge in [0.05, 0.1) is 46.1 Å². The highest BCUT2D eigenvalue weighted by molar-refractivity contribution is 9.10. The lowest BCUT2D eigenvalue weighted by Crippen LogP contribution is -2.31. The van der Waals surface area contributed by atoms with Gasteiger partial charge in [-0.2, -0.15) is 5.10 Å². The van der Waals surface area contributed by atoms with Crippen molar-refractivity contribution in [3.05, 3.63) is 70.3 Å². The van der Waals surface area contributed by atoms with Crippen molar-refractivity contribution >= 4 is 54.2 Å². The van der Waals surface area contributed by atoms with Gasteiger partial charge >= 0.3 is 0 Å². The maximum absolute atomic E-state index is 14.7. The molecule has 0 amide bonds. The van der Waals surface area contributed by atoms with Gasteiger partial charge in [0.2, 0.25) is 0 Å². The SMILES string of the molecule is COc1ccc(CN(c2noc3cc(Nc4cc(C5CC5)n(C5CCCCO5)n4)c(OC)cc23)S(=O)(=O)c2c(OC)cc(Br)cc2OC)cc1. The number of nitrogens with zero attached hydrogens (tertiary/aromatic N) is 4. The largest absolute Gasteiger partial charge is 0.497 e. The van der Waals surface area contributed by atoms with Crippen molar-refractivity contribution in [2.45, 2.75) is 55.7 Å². The second-order valence-corrected chi connectivity index (χ2v) is 14.9. The van der Waals surface area contributed by atoms with Crippen LogP contribution in [0.15, 0.2) is 68.5 Å². The number of ether oxygens (including phenoxy) is 5. The molecule has 1 unspecified atom stereocenters. The van der Waals surface area contributed by atoms with Crippen LogP contribution >= 0.6 is 15.9 Å². The second-order valence-electron chi connectivity index (χ2n) is 12.2. The number of nitrogens with one attached hydrogen (secondary N) is 1. The molecule has 1 N–H and O–H groups in total. The number of halogens is 1. The fourth-order valence-corrected chi connectivity index (χ4v) is 8.33. The molecule has 1 aliphatic heterocycles. The van der Waals surface area contributed by atoms with E-state index in [-0.39, 0.29) is 35.0 Å². The molecule has 50 heavy (non-hydrogen) atoms. The molecular formula is C35H38BrN5O8S. The summed E-state index contributed by atoms with van der Waals surface area (Å²) in [5, 5.41) is 13.0. The first kappa shape index (κ1) is 34.0. The quantitative estimate of drug-likeness (QED) is 0.127. The number of hydrogen-bond donors (Lipinski definition) is 1. The van der Waals surface area contributed by atoms with Gasteiger partial charge in [-0.25, -0.2) is 17.4 Å². The fourth-order valence-electron chi connectivity index (χ4n) is 6.22. The number of hydrogen-bond acceptors (Lipinski definition) is 11. The minimum Gasteiger partial charge on any atom is -0.497 e. The molecule has 7 rings (SSSR count). The van der Waals surface area contributed by atoms with E-state index in [2.05, 4.69) is 32.5 Å². The van der Waals surface area contributed by atoms with Gasteiger partial charge in [-0.15, -0.1) is 0 Å². The molecule has 264 valence electrons. The Balaban J connectivity index is 1.30. The average molecular weight is 769 g/mol. The van der Waals surface area contributed by atoms with Crippen LogP contribution in [0.25, 0.3) is 11.0 Å². The van der Waals surface area contributed by atoms with E-state index in [0.29, 0.717) is 49.9 Å². The van der Waals surface area contributed by atoms with Crippen LogP contribution in [-0.4, -0.2) is 58.4 Å². The number of rotatable bonds is 13. The Morgan fingerprint density at radius 1 is 0.920 bits per heavy atom. The summed E-state index contributed by atoms with van der Waals surface area (Å²) in [5.41, 5.74) is 2.75. The first-order chi connectivity index (χ1) is 24.2. The molecule has 0 bridgehead atoms. The Bertz CT molecular complexity index is 2080. The number of fused-ring (bicyclic) bond motifs is 1. The van der Waals surface area contributed by atoms with E-state index in [1.165, 1.54) is 18.5 Å². The monoisotopic (exact) mass is 767 g/mol. The van der Waals surface area contributed by atoms with Gasteiger partial charge < -0.3 is 33.5 Å². The van der Waals surface area contributed by atoms with Crippen LogP contribution in [0.1, 0.15) is 55.5 Å². The fraction of sp³-hybridized carbons (Fsp3) is 0.371. The lowest BCUT2D eigenvalue weighted by molar-refractivity contribution is -0.0409. The Labute approximate surface area is 298 Å². The van der Waals surface area contributed by atoms with Gasteiger partial charge in [-0.1, -0.05) is 33.2 Å². The third-order valence-electron chi connectivity index (χ3n) is 8.92. The van der Waals surface area contributed by atoms with Crippen molar-refractivity contribution < 1.29 is 36.6 Å². The first-order valence-electron chi connectivity index (χ1n) is 16.3. The van der Waals surface area contributed by atoms with Crippen LogP contribution in [0.4, 0.5) is 17.3 Å². The Morgan fingerprint density at radius 2 is 1.64 bits per heavy atom. The van der Waals surface area contributed by atoms with Crippen molar-refractivity contribution in [3.63, 3.8) is 0 Å². The van der Waals surface area contributed by atoms with Gasteiger partial charge in [0.25, 0.3) is 10.0 Å². The normalized spacial score (nSPS) is 16.3.